The van der Waals surface area contributed by atoms with Gasteiger partial charge >= 0.3 is 0 Å². The van der Waals surface area contributed by atoms with Gasteiger partial charge < -0.3 is 9.15 Å². The Hall–Kier alpha value is -4.82. The molecule has 0 saturated carbocycles. The summed E-state index contributed by atoms with van der Waals surface area (Å²) in [7, 11) is 0. The first-order chi connectivity index (χ1) is 19.8. The van der Waals surface area contributed by atoms with Crippen LogP contribution in [0.15, 0.2) is 132 Å². The highest BCUT2D eigenvalue weighted by atomic mass is 16.5. The van der Waals surface area contributed by atoms with Gasteiger partial charge in [0.15, 0.2) is 0 Å². The monoisotopic (exact) mass is 514 g/mol. The van der Waals surface area contributed by atoms with Crippen LogP contribution in [0.4, 0.5) is 0 Å². The SMILES string of the molecule is C1=CC2c3ccccc3OC2C(c2ccc3c(c2)oc2cc(C4Cc5ccccc5-c5ccccc54)ccc23)=C1. The average molecular weight is 515 g/mol. The van der Waals surface area contributed by atoms with Crippen LogP contribution in [0.25, 0.3) is 38.6 Å². The molecule has 5 aromatic carbocycles. The summed E-state index contributed by atoms with van der Waals surface area (Å²) in [5.41, 5.74) is 12.3. The van der Waals surface area contributed by atoms with Crippen molar-refractivity contribution in [1.29, 1.82) is 0 Å². The Balaban J connectivity index is 1.11. The zero-order valence-electron chi connectivity index (χ0n) is 21.9. The third kappa shape index (κ3) is 3.17. The largest absolute Gasteiger partial charge is 0.484 e. The van der Waals surface area contributed by atoms with Crippen molar-refractivity contribution in [2.75, 3.05) is 0 Å². The molecule has 6 aromatic rings. The molecule has 0 spiro atoms. The van der Waals surface area contributed by atoms with E-state index in [1.165, 1.54) is 39.0 Å². The summed E-state index contributed by atoms with van der Waals surface area (Å²) in [4.78, 5) is 0. The molecule has 3 unspecified atom stereocenters. The Morgan fingerprint density at radius 3 is 2.33 bits per heavy atom. The molecule has 0 radical (unpaired) electrons. The van der Waals surface area contributed by atoms with Crippen LogP contribution in [0.2, 0.25) is 0 Å². The fourth-order valence-electron chi connectivity index (χ4n) is 7.16. The van der Waals surface area contributed by atoms with Gasteiger partial charge in [-0.25, -0.2) is 0 Å². The average Bonchev–Trinajstić information content (AvgIpc) is 3.58. The maximum Gasteiger partial charge on any atom is 0.136 e. The fourth-order valence-corrected chi connectivity index (χ4v) is 7.16. The molecule has 0 amide bonds. The maximum absolute atomic E-state index is 6.56. The molecule has 0 N–H and O–H groups in total. The number of fused-ring (bicyclic) bond motifs is 9. The van der Waals surface area contributed by atoms with Crippen molar-refractivity contribution >= 4 is 27.5 Å². The topological polar surface area (TPSA) is 22.4 Å². The first-order valence-corrected chi connectivity index (χ1v) is 14.1. The van der Waals surface area contributed by atoms with Gasteiger partial charge in [0.1, 0.15) is 23.0 Å². The number of allylic oxidation sites excluding steroid dienone is 2. The van der Waals surface area contributed by atoms with E-state index in [-0.39, 0.29) is 12.0 Å². The molecule has 9 rings (SSSR count). The van der Waals surface area contributed by atoms with Crippen molar-refractivity contribution in [2.24, 2.45) is 0 Å². The molecular formula is C38H26O2. The second-order valence-electron chi connectivity index (χ2n) is 11.2. The molecule has 2 nitrogen and oxygen atoms in total. The highest BCUT2D eigenvalue weighted by Crippen LogP contribution is 2.47. The molecule has 2 aliphatic carbocycles. The molecule has 0 fully saturated rings. The lowest BCUT2D eigenvalue weighted by molar-refractivity contribution is 0.278. The standard InChI is InChI=1S/C38H26O2/c1-2-9-26-23(8-1)20-34(29-11-4-3-10-28(26)29)25-17-19-32-31-18-16-24(21-36(31)39-37(32)22-25)27-13-7-14-33-30-12-5-6-15-35(30)40-38(27)33/h1-19,21-22,33-34,38H,20H2. The molecule has 1 aliphatic heterocycles. The van der Waals surface area contributed by atoms with Crippen LogP contribution < -0.4 is 4.74 Å². The van der Waals surface area contributed by atoms with Gasteiger partial charge in [-0.2, -0.15) is 0 Å². The number of rotatable bonds is 2. The van der Waals surface area contributed by atoms with E-state index in [1.807, 2.05) is 6.07 Å². The molecule has 1 aromatic heterocycles. The molecule has 40 heavy (non-hydrogen) atoms. The minimum Gasteiger partial charge on any atom is -0.484 e. The van der Waals surface area contributed by atoms with Crippen molar-refractivity contribution in [1.82, 2.24) is 0 Å². The number of ether oxygens (including phenoxy) is 1. The second-order valence-corrected chi connectivity index (χ2v) is 11.2. The number of hydrogen-bond donors (Lipinski definition) is 0. The second kappa shape index (κ2) is 8.34. The molecule has 3 aliphatic rings. The Labute approximate surface area is 232 Å². The van der Waals surface area contributed by atoms with Gasteiger partial charge in [-0.15, -0.1) is 0 Å². The summed E-state index contributed by atoms with van der Waals surface area (Å²) >= 11 is 0. The number of para-hydroxylation sites is 1. The zero-order valence-corrected chi connectivity index (χ0v) is 21.9. The van der Waals surface area contributed by atoms with Crippen molar-refractivity contribution in [3.63, 3.8) is 0 Å². The lowest BCUT2D eigenvalue weighted by atomic mass is 9.76. The highest BCUT2D eigenvalue weighted by Gasteiger charge is 2.37. The fraction of sp³-hybridized carbons (Fsp3) is 0.105. The van der Waals surface area contributed by atoms with Gasteiger partial charge in [0.2, 0.25) is 0 Å². The van der Waals surface area contributed by atoms with Crippen LogP contribution in [0.3, 0.4) is 0 Å². The van der Waals surface area contributed by atoms with E-state index in [1.54, 1.807) is 0 Å². The smallest absolute Gasteiger partial charge is 0.136 e. The van der Waals surface area contributed by atoms with E-state index in [2.05, 4.69) is 121 Å². The Kier molecular flexibility index (Phi) is 4.59. The summed E-state index contributed by atoms with van der Waals surface area (Å²) in [6.07, 6.45) is 7.59. The van der Waals surface area contributed by atoms with Gasteiger partial charge in [0.05, 0.1) is 0 Å². The van der Waals surface area contributed by atoms with Gasteiger partial charge in [0, 0.05) is 33.7 Å². The van der Waals surface area contributed by atoms with Crippen molar-refractivity contribution in [3.8, 4) is 16.9 Å². The third-order valence-electron chi connectivity index (χ3n) is 9.06. The van der Waals surface area contributed by atoms with Crippen LogP contribution >= 0.6 is 0 Å². The van der Waals surface area contributed by atoms with Gasteiger partial charge in [-0.3, -0.25) is 0 Å². The van der Waals surface area contributed by atoms with Gasteiger partial charge in [-0.1, -0.05) is 103 Å². The summed E-state index contributed by atoms with van der Waals surface area (Å²) in [6.45, 7) is 0. The summed E-state index contributed by atoms with van der Waals surface area (Å²) < 4.78 is 13.0. The van der Waals surface area contributed by atoms with E-state index in [0.29, 0.717) is 5.92 Å². The minimum absolute atomic E-state index is 0.00919. The van der Waals surface area contributed by atoms with Crippen molar-refractivity contribution in [2.45, 2.75) is 24.4 Å². The molecule has 190 valence electrons. The Morgan fingerprint density at radius 2 is 1.40 bits per heavy atom. The van der Waals surface area contributed by atoms with E-state index in [4.69, 9.17) is 9.15 Å². The predicted octanol–water partition coefficient (Wildman–Crippen LogP) is 9.44. The lowest BCUT2D eigenvalue weighted by Crippen LogP contribution is -2.21. The predicted molar refractivity (Wildman–Crippen MR) is 162 cm³/mol. The third-order valence-corrected chi connectivity index (χ3v) is 9.06. The first kappa shape index (κ1) is 22.0. The zero-order chi connectivity index (χ0) is 26.2. The van der Waals surface area contributed by atoms with Crippen LogP contribution in [0, 0.1) is 0 Å². The maximum atomic E-state index is 6.56. The minimum atomic E-state index is -0.00919. The van der Waals surface area contributed by atoms with Crippen molar-refractivity contribution < 1.29 is 9.15 Å². The van der Waals surface area contributed by atoms with Gasteiger partial charge in [-0.05, 0) is 64.1 Å². The lowest BCUT2D eigenvalue weighted by Gasteiger charge is -2.28. The molecule has 0 bridgehead atoms. The van der Waals surface area contributed by atoms with Crippen LogP contribution in [-0.4, -0.2) is 6.10 Å². The molecule has 0 saturated heterocycles. The van der Waals surface area contributed by atoms with Crippen LogP contribution in [0.1, 0.15) is 39.7 Å². The molecular weight excluding hydrogens is 488 g/mol. The summed E-state index contributed by atoms with van der Waals surface area (Å²) in [6, 6.07) is 39.5. The number of hydrogen-bond acceptors (Lipinski definition) is 2. The van der Waals surface area contributed by atoms with E-state index in [0.717, 1.165) is 39.7 Å². The summed E-state index contributed by atoms with van der Waals surface area (Å²) in [5.74, 6) is 1.53. The highest BCUT2D eigenvalue weighted by molar-refractivity contribution is 6.06. The van der Waals surface area contributed by atoms with Crippen LogP contribution in [0.5, 0.6) is 5.75 Å². The Bertz CT molecular complexity index is 2040. The molecule has 3 atom stereocenters. The quantitative estimate of drug-likeness (QED) is 0.230. The number of benzene rings is 5. The number of furan rings is 1. The first-order valence-electron chi connectivity index (χ1n) is 14.1. The Morgan fingerprint density at radius 1 is 0.650 bits per heavy atom. The van der Waals surface area contributed by atoms with E-state index in [9.17, 15) is 0 Å². The van der Waals surface area contributed by atoms with Crippen molar-refractivity contribution in [3.05, 3.63) is 155 Å². The molecule has 2 heteroatoms. The van der Waals surface area contributed by atoms with E-state index < -0.39 is 0 Å². The summed E-state index contributed by atoms with van der Waals surface area (Å²) in [5, 5.41) is 2.31. The molecule has 2 heterocycles. The van der Waals surface area contributed by atoms with Crippen LogP contribution in [-0.2, 0) is 6.42 Å². The van der Waals surface area contributed by atoms with Gasteiger partial charge in [0.25, 0.3) is 0 Å². The normalized spacial score (nSPS) is 20.4. The van der Waals surface area contributed by atoms with E-state index >= 15 is 0 Å².